The van der Waals surface area contributed by atoms with Gasteiger partial charge in [-0.3, -0.25) is 0 Å². The van der Waals surface area contributed by atoms with Gasteiger partial charge in [-0.15, -0.1) is 0 Å². The molecule has 2 N–H and O–H groups in total. The average molecular weight is 250 g/mol. The zero-order valence-electron chi connectivity index (χ0n) is 9.86. The van der Waals surface area contributed by atoms with E-state index in [1.54, 1.807) is 0 Å². The quantitative estimate of drug-likeness (QED) is 0.845. The first-order chi connectivity index (χ1) is 8.16. The van der Waals surface area contributed by atoms with Crippen LogP contribution in [0.5, 0.6) is 0 Å². The molecule has 4 heteroatoms. The number of aryl methyl sites for hydroxylation is 1. The van der Waals surface area contributed by atoms with Gasteiger partial charge in [0.1, 0.15) is 5.82 Å². The van der Waals surface area contributed by atoms with E-state index in [1.807, 2.05) is 18.2 Å². The highest BCUT2D eigenvalue weighted by molar-refractivity contribution is 6.31. The van der Waals surface area contributed by atoms with E-state index in [4.69, 9.17) is 22.3 Å². The Morgan fingerprint density at radius 3 is 2.94 bits per heavy atom. The smallest absolute Gasteiger partial charge is 0.114 e. The number of hydrogen-bond donors (Lipinski definition) is 1. The molecule has 0 aliphatic heterocycles. The third-order valence-corrected chi connectivity index (χ3v) is 4.01. The summed E-state index contributed by atoms with van der Waals surface area (Å²) in [5.41, 5.74) is 8.25. The van der Waals surface area contributed by atoms with Gasteiger partial charge < -0.3 is 10.3 Å². The molecule has 1 fully saturated rings. The van der Waals surface area contributed by atoms with Crippen molar-refractivity contribution < 1.29 is 0 Å². The molecule has 1 saturated carbocycles. The van der Waals surface area contributed by atoms with Crippen molar-refractivity contribution in [1.82, 2.24) is 9.55 Å². The second-order valence-corrected chi connectivity index (χ2v) is 5.30. The van der Waals surface area contributed by atoms with Crippen molar-refractivity contribution in [1.29, 1.82) is 0 Å². The molecular formula is C13H16ClN3. The molecule has 0 radical (unpaired) electrons. The summed E-state index contributed by atoms with van der Waals surface area (Å²) in [5.74, 6) is 1.50. The molecule has 2 atom stereocenters. The molecular weight excluding hydrogens is 234 g/mol. The van der Waals surface area contributed by atoms with Gasteiger partial charge >= 0.3 is 0 Å². The number of rotatable bonds is 1. The highest BCUT2D eigenvalue weighted by Crippen LogP contribution is 2.34. The molecule has 2 aromatic rings. The van der Waals surface area contributed by atoms with Gasteiger partial charge in [0, 0.05) is 24.0 Å². The normalized spacial score (nSPS) is 24.6. The number of halogens is 1. The number of benzene rings is 1. The Labute approximate surface area is 106 Å². The van der Waals surface area contributed by atoms with Gasteiger partial charge in [-0.05, 0) is 31.0 Å². The number of imidazole rings is 1. The molecule has 1 aromatic heterocycles. The summed E-state index contributed by atoms with van der Waals surface area (Å²) < 4.78 is 2.15. The molecule has 17 heavy (non-hydrogen) atoms. The Bertz CT molecular complexity index is 561. The van der Waals surface area contributed by atoms with Gasteiger partial charge in [0.2, 0.25) is 0 Å². The van der Waals surface area contributed by atoms with Crippen LogP contribution in [0.1, 0.15) is 31.0 Å². The zero-order chi connectivity index (χ0) is 12.0. The number of fused-ring (bicyclic) bond motifs is 1. The van der Waals surface area contributed by atoms with Crippen LogP contribution in [0.15, 0.2) is 18.2 Å². The summed E-state index contributed by atoms with van der Waals surface area (Å²) in [6, 6.07) is 6.10. The van der Waals surface area contributed by atoms with Crippen molar-refractivity contribution >= 4 is 22.6 Å². The molecule has 1 aromatic carbocycles. The first kappa shape index (κ1) is 11.1. The minimum atomic E-state index is 0.251. The molecule has 1 aliphatic carbocycles. The van der Waals surface area contributed by atoms with Crippen LogP contribution in [0.4, 0.5) is 0 Å². The Kier molecular flexibility index (Phi) is 2.60. The minimum absolute atomic E-state index is 0.251. The maximum Gasteiger partial charge on any atom is 0.114 e. The van der Waals surface area contributed by atoms with Crippen LogP contribution in [0, 0.1) is 0 Å². The van der Waals surface area contributed by atoms with Crippen molar-refractivity contribution in [2.24, 2.45) is 12.8 Å². The number of nitrogens with two attached hydrogens (primary N) is 1. The zero-order valence-corrected chi connectivity index (χ0v) is 10.6. The fourth-order valence-electron chi connectivity index (χ4n) is 2.83. The van der Waals surface area contributed by atoms with Crippen molar-refractivity contribution in [2.75, 3.05) is 0 Å². The summed E-state index contributed by atoms with van der Waals surface area (Å²) in [4.78, 5) is 4.70. The van der Waals surface area contributed by atoms with Gasteiger partial charge in [-0.25, -0.2) is 4.98 Å². The number of aromatic nitrogens is 2. The molecule has 1 aliphatic rings. The van der Waals surface area contributed by atoms with Gasteiger partial charge in [0.25, 0.3) is 0 Å². The Balaban J connectivity index is 2.14. The van der Waals surface area contributed by atoms with Crippen molar-refractivity contribution in [2.45, 2.75) is 31.2 Å². The molecule has 1 heterocycles. The van der Waals surface area contributed by atoms with E-state index in [9.17, 15) is 0 Å². The van der Waals surface area contributed by atoms with Crippen molar-refractivity contribution in [3.63, 3.8) is 0 Å². The first-order valence-electron chi connectivity index (χ1n) is 6.04. The Hall–Kier alpha value is -1.06. The lowest BCUT2D eigenvalue weighted by Gasteiger charge is -2.14. The van der Waals surface area contributed by atoms with E-state index in [1.165, 1.54) is 6.42 Å². The lowest BCUT2D eigenvalue weighted by atomic mass is 10.0. The van der Waals surface area contributed by atoms with E-state index in [2.05, 4.69) is 11.6 Å². The predicted octanol–water partition coefficient (Wildman–Crippen LogP) is 2.82. The number of nitrogens with zero attached hydrogens (tertiary/aromatic N) is 2. The highest BCUT2D eigenvalue weighted by Gasteiger charge is 2.29. The molecule has 90 valence electrons. The highest BCUT2D eigenvalue weighted by atomic mass is 35.5. The maximum absolute atomic E-state index is 6.15. The molecule has 0 spiro atoms. The van der Waals surface area contributed by atoms with E-state index >= 15 is 0 Å². The molecule has 3 rings (SSSR count). The third-order valence-electron chi connectivity index (χ3n) is 3.78. The molecule has 0 saturated heterocycles. The van der Waals surface area contributed by atoms with E-state index in [0.29, 0.717) is 5.92 Å². The van der Waals surface area contributed by atoms with Gasteiger partial charge in [0.15, 0.2) is 0 Å². The second kappa shape index (κ2) is 4.00. The van der Waals surface area contributed by atoms with Crippen LogP contribution in [-0.2, 0) is 7.05 Å². The topological polar surface area (TPSA) is 43.8 Å². The molecule has 2 unspecified atom stereocenters. The summed E-state index contributed by atoms with van der Waals surface area (Å²) in [6.07, 6.45) is 3.45. The van der Waals surface area contributed by atoms with Crippen molar-refractivity contribution in [3.05, 3.63) is 29.0 Å². The minimum Gasteiger partial charge on any atom is -0.331 e. The lowest BCUT2D eigenvalue weighted by molar-refractivity contribution is 0.565. The predicted molar refractivity (Wildman–Crippen MR) is 70.3 cm³/mol. The Morgan fingerprint density at radius 1 is 1.41 bits per heavy atom. The first-order valence-corrected chi connectivity index (χ1v) is 6.42. The monoisotopic (exact) mass is 249 g/mol. The second-order valence-electron chi connectivity index (χ2n) is 4.86. The lowest BCUT2D eigenvalue weighted by Crippen LogP contribution is -2.24. The van der Waals surface area contributed by atoms with Gasteiger partial charge in [-0.1, -0.05) is 18.0 Å². The third kappa shape index (κ3) is 1.74. The summed E-state index contributed by atoms with van der Waals surface area (Å²) in [5, 5.41) is 0.734. The van der Waals surface area contributed by atoms with Gasteiger partial charge in [-0.2, -0.15) is 0 Å². The summed E-state index contributed by atoms with van der Waals surface area (Å²) >= 11 is 5.99. The van der Waals surface area contributed by atoms with Gasteiger partial charge in [0.05, 0.1) is 11.0 Å². The Morgan fingerprint density at radius 2 is 2.24 bits per heavy atom. The van der Waals surface area contributed by atoms with Crippen LogP contribution in [0.3, 0.4) is 0 Å². The fraction of sp³-hybridized carbons (Fsp3) is 0.462. The van der Waals surface area contributed by atoms with Crippen LogP contribution >= 0.6 is 11.6 Å². The summed E-state index contributed by atoms with van der Waals surface area (Å²) in [7, 11) is 2.06. The molecule has 3 nitrogen and oxygen atoms in total. The SMILES string of the molecule is Cn1c(C2CCCC2N)nc2cc(Cl)ccc21. The van der Waals surface area contributed by atoms with E-state index < -0.39 is 0 Å². The summed E-state index contributed by atoms with van der Waals surface area (Å²) in [6.45, 7) is 0. The maximum atomic E-state index is 6.15. The fourth-order valence-corrected chi connectivity index (χ4v) is 3.00. The molecule has 0 amide bonds. The van der Waals surface area contributed by atoms with Crippen LogP contribution in [0.2, 0.25) is 5.02 Å². The van der Waals surface area contributed by atoms with Crippen LogP contribution in [0.25, 0.3) is 11.0 Å². The molecule has 0 bridgehead atoms. The number of hydrogen-bond acceptors (Lipinski definition) is 2. The standard InChI is InChI=1S/C13H16ClN3/c1-17-12-6-5-8(14)7-11(12)16-13(17)9-3-2-4-10(9)15/h5-7,9-10H,2-4,15H2,1H3. The van der Waals surface area contributed by atoms with Crippen molar-refractivity contribution in [3.8, 4) is 0 Å². The van der Waals surface area contributed by atoms with E-state index in [-0.39, 0.29) is 6.04 Å². The van der Waals surface area contributed by atoms with Crippen LogP contribution < -0.4 is 5.73 Å². The van der Waals surface area contributed by atoms with E-state index in [0.717, 1.165) is 34.7 Å². The average Bonchev–Trinajstić information content (AvgIpc) is 2.83. The van der Waals surface area contributed by atoms with Crippen LogP contribution in [-0.4, -0.2) is 15.6 Å². The largest absolute Gasteiger partial charge is 0.331 e.